The zero-order valence-corrected chi connectivity index (χ0v) is 14.7. The Morgan fingerprint density at radius 2 is 2.08 bits per heavy atom. The molecule has 0 bridgehead atoms. The van der Waals surface area contributed by atoms with Gasteiger partial charge in [0.25, 0.3) is 0 Å². The Labute approximate surface area is 143 Å². The number of nitrogens with zero attached hydrogens (tertiary/aromatic N) is 4. The van der Waals surface area contributed by atoms with E-state index in [0.717, 1.165) is 63.9 Å². The van der Waals surface area contributed by atoms with Crippen molar-refractivity contribution in [3.63, 3.8) is 0 Å². The molecule has 0 aromatic carbocycles. The van der Waals surface area contributed by atoms with Crippen LogP contribution in [0.3, 0.4) is 0 Å². The molecule has 1 aromatic heterocycles. The van der Waals surface area contributed by atoms with E-state index in [0.29, 0.717) is 19.1 Å². The van der Waals surface area contributed by atoms with E-state index in [2.05, 4.69) is 17.3 Å². The van der Waals surface area contributed by atoms with Crippen molar-refractivity contribution in [1.82, 2.24) is 24.6 Å². The van der Waals surface area contributed by atoms with Crippen LogP contribution in [0.4, 0.5) is 4.79 Å². The van der Waals surface area contributed by atoms with E-state index >= 15 is 0 Å². The molecule has 2 aliphatic rings. The van der Waals surface area contributed by atoms with Crippen LogP contribution < -0.4 is 11.0 Å². The van der Waals surface area contributed by atoms with Crippen molar-refractivity contribution < 1.29 is 4.79 Å². The summed E-state index contributed by atoms with van der Waals surface area (Å²) >= 11 is 0. The van der Waals surface area contributed by atoms with Gasteiger partial charge in [0.15, 0.2) is 0 Å². The fraction of sp³-hybridized carbons (Fsp3) is 0.824. The average Bonchev–Trinajstić information content (AvgIpc) is 2.95. The van der Waals surface area contributed by atoms with Crippen LogP contribution >= 0.6 is 0 Å². The number of fused-ring (bicyclic) bond motifs is 1. The van der Waals surface area contributed by atoms with E-state index in [4.69, 9.17) is 0 Å². The van der Waals surface area contributed by atoms with Gasteiger partial charge in [0, 0.05) is 38.6 Å². The van der Waals surface area contributed by atoms with Crippen molar-refractivity contribution in [2.45, 2.75) is 77.4 Å². The van der Waals surface area contributed by atoms with Gasteiger partial charge < -0.3 is 10.2 Å². The molecule has 7 nitrogen and oxygen atoms in total. The van der Waals surface area contributed by atoms with Gasteiger partial charge >= 0.3 is 11.7 Å². The smallest absolute Gasteiger partial charge is 0.338 e. The molecule has 3 rings (SSSR count). The van der Waals surface area contributed by atoms with Crippen molar-refractivity contribution >= 4 is 6.03 Å². The Morgan fingerprint density at radius 3 is 2.88 bits per heavy atom. The molecule has 3 heterocycles. The first-order chi connectivity index (χ1) is 11.7. The van der Waals surface area contributed by atoms with Crippen molar-refractivity contribution in [3.8, 4) is 0 Å². The van der Waals surface area contributed by atoms with Crippen LogP contribution in [0.2, 0.25) is 0 Å². The number of amides is 2. The quantitative estimate of drug-likeness (QED) is 0.833. The van der Waals surface area contributed by atoms with Gasteiger partial charge in [0.2, 0.25) is 0 Å². The number of carbonyl (C=O) groups excluding carboxylic acids is 1. The number of hydrogen-bond donors (Lipinski definition) is 1. The number of likely N-dealkylation sites (tertiary alicyclic amines) is 1. The monoisotopic (exact) mass is 335 g/mol. The third kappa shape index (κ3) is 3.65. The minimum absolute atomic E-state index is 0.00176. The summed E-state index contributed by atoms with van der Waals surface area (Å²) in [6, 6.07) is 0.416. The Balaban J connectivity index is 1.46. The molecule has 0 aliphatic carbocycles. The van der Waals surface area contributed by atoms with E-state index in [1.807, 2.05) is 4.90 Å². The molecule has 2 aliphatic heterocycles. The molecule has 1 atom stereocenters. The van der Waals surface area contributed by atoms with E-state index in [-0.39, 0.29) is 11.7 Å². The first-order valence-electron chi connectivity index (χ1n) is 9.41. The fourth-order valence-electron chi connectivity index (χ4n) is 3.81. The number of aryl methyl sites for hydroxylation is 2. The number of hydrogen-bond acceptors (Lipinski definition) is 3. The zero-order chi connectivity index (χ0) is 16.9. The molecule has 1 N–H and O–H groups in total. The molecule has 7 heteroatoms. The predicted octanol–water partition coefficient (Wildman–Crippen LogP) is 1.75. The topological polar surface area (TPSA) is 72.2 Å². The number of aromatic nitrogens is 3. The highest BCUT2D eigenvalue weighted by atomic mass is 16.2. The normalized spacial score (nSPS) is 20.7. The van der Waals surface area contributed by atoms with Gasteiger partial charge in [-0.05, 0) is 44.9 Å². The molecule has 1 aromatic rings. The van der Waals surface area contributed by atoms with Crippen molar-refractivity contribution in [2.75, 3.05) is 13.1 Å². The number of piperidine rings is 1. The minimum atomic E-state index is -0.00176. The van der Waals surface area contributed by atoms with Crippen LogP contribution in [0.5, 0.6) is 0 Å². The first-order valence-corrected chi connectivity index (χ1v) is 9.41. The molecule has 1 fully saturated rings. The highest BCUT2D eigenvalue weighted by Gasteiger charge is 2.24. The van der Waals surface area contributed by atoms with Gasteiger partial charge in [0.05, 0.1) is 0 Å². The second-order valence-corrected chi connectivity index (χ2v) is 6.87. The lowest BCUT2D eigenvalue weighted by atomic mass is 10.0. The summed E-state index contributed by atoms with van der Waals surface area (Å²) in [5.74, 6) is 0.911. The Kier molecular flexibility index (Phi) is 5.58. The van der Waals surface area contributed by atoms with Crippen LogP contribution in [0.1, 0.15) is 57.7 Å². The summed E-state index contributed by atoms with van der Waals surface area (Å²) in [6.07, 6.45) is 8.24. The molecular formula is C17H29N5O2. The van der Waals surface area contributed by atoms with E-state index < -0.39 is 0 Å². The van der Waals surface area contributed by atoms with Crippen LogP contribution in [0.15, 0.2) is 4.79 Å². The lowest BCUT2D eigenvalue weighted by molar-refractivity contribution is 0.148. The summed E-state index contributed by atoms with van der Waals surface area (Å²) in [5.41, 5.74) is -0.00176. The number of urea groups is 1. The standard InChI is InChI=1S/C17H29N5O2/c1-2-14-8-3-5-11-20(14)16(23)18-10-7-13-22-17(24)21-12-6-4-9-15(21)19-22/h14H,2-13H2,1H3,(H,18,23). The molecule has 1 saturated heterocycles. The van der Waals surface area contributed by atoms with Gasteiger partial charge in [0.1, 0.15) is 5.82 Å². The number of rotatable bonds is 5. The second-order valence-electron chi connectivity index (χ2n) is 6.87. The average molecular weight is 335 g/mol. The Bertz CT molecular complexity index is 621. The maximum Gasteiger partial charge on any atom is 0.345 e. The molecule has 0 saturated carbocycles. The molecule has 24 heavy (non-hydrogen) atoms. The van der Waals surface area contributed by atoms with Crippen molar-refractivity contribution in [3.05, 3.63) is 16.3 Å². The zero-order valence-electron chi connectivity index (χ0n) is 14.7. The first kappa shape index (κ1) is 17.0. The number of carbonyl (C=O) groups is 1. The summed E-state index contributed by atoms with van der Waals surface area (Å²) in [4.78, 5) is 26.5. The highest BCUT2D eigenvalue weighted by molar-refractivity contribution is 5.74. The minimum Gasteiger partial charge on any atom is -0.338 e. The third-order valence-corrected chi connectivity index (χ3v) is 5.21. The lowest BCUT2D eigenvalue weighted by Gasteiger charge is -2.35. The molecule has 134 valence electrons. The maximum atomic E-state index is 12.3. The maximum absolute atomic E-state index is 12.3. The van der Waals surface area contributed by atoms with Crippen LogP contribution in [0, 0.1) is 0 Å². The van der Waals surface area contributed by atoms with Crippen LogP contribution in [-0.2, 0) is 19.5 Å². The molecular weight excluding hydrogens is 306 g/mol. The molecule has 2 amide bonds. The fourth-order valence-corrected chi connectivity index (χ4v) is 3.81. The van der Waals surface area contributed by atoms with E-state index in [1.165, 1.54) is 6.42 Å². The van der Waals surface area contributed by atoms with Gasteiger partial charge in [-0.1, -0.05) is 6.92 Å². The molecule has 0 spiro atoms. The summed E-state index contributed by atoms with van der Waals surface area (Å²) in [6.45, 7) is 4.94. The lowest BCUT2D eigenvalue weighted by Crippen LogP contribution is -2.48. The van der Waals surface area contributed by atoms with Gasteiger partial charge in [-0.25, -0.2) is 14.3 Å². The van der Waals surface area contributed by atoms with Crippen molar-refractivity contribution in [1.29, 1.82) is 0 Å². The van der Waals surface area contributed by atoms with Gasteiger partial charge in [-0.15, -0.1) is 0 Å². The van der Waals surface area contributed by atoms with Crippen molar-refractivity contribution in [2.24, 2.45) is 0 Å². The van der Waals surface area contributed by atoms with Gasteiger partial charge in [-0.2, -0.15) is 5.10 Å². The third-order valence-electron chi connectivity index (χ3n) is 5.21. The van der Waals surface area contributed by atoms with Crippen LogP contribution in [0.25, 0.3) is 0 Å². The summed E-state index contributed by atoms with van der Waals surface area (Å²) in [5, 5.41) is 7.43. The SMILES string of the molecule is CCC1CCCCN1C(=O)NCCCn1nc2n(c1=O)CCCC2. The second kappa shape index (κ2) is 7.85. The summed E-state index contributed by atoms with van der Waals surface area (Å²) < 4.78 is 3.35. The predicted molar refractivity (Wildman–Crippen MR) is 92.1 cm³/mol. The van der Waals surface area contributed by atoms with Crippen LogP contribution in [-0.4, -0.2) is 44.4 Å². The van der Waals surface area contributed by atoms with Gasteiger partial charge in [-0.3, -0.25) is 4.57 Å². The highest BCUT2D eigenvalue weighted by Crippen LogP contribution is 2.19. The van der Waals surface area contributed by atoms with E-state index in [1.54, 1.807) is 9.25 Å². The largest absolute Gasteiger partial charge is 0.345 e. The number of nitrogens with one attached hydrogen (secondary N) is 1. The molecule has 1 unspecified atom stereocenters. The summed E-state index contributed by atoms with van der Waals surface area (Å²) in [7, 11) is 0. The Hall–Kier alpha value is -1.79. The van der Waals surface area contributed by atoms with E-state index in [9.17, 15) is 9.59 Å². The molecule has 0 radical (unpaired) electrons. The Morgan fingerprint density at radius 1 is 1.25 bits per heavy atom.